The highest BCUT2D eigenvalue weighted by atomic mass is 35.5. The summed E-state index contributed by atoms with van der Waals surface area (Å²) in [4.78, 5) is 12.0. The summed E-state index contributed by atoms with van der Waals surface area (Å²) < 4.78 is 10.8. The van der Waals surface area contributed by atoms with Gasteiger partial charge in [0.2, 0.25) is 0 Å². The van der Waals surface area contributed by atoms with Crippen LogP contribution in [0, 0.1) is 0 Å². The maximum Gasteiger partial charge on any atom is 0.258 e. The molecule has 0 aliphatic heterocycles. The van der Waals surface area contributed by atoms with Gasteiger partial charge in [0, 0.05) is 0 Å². The van der Waals surface area contributed by atoms with E-state index in [9.17, 15) is 4.79 Å². The summed E-state index contributed by atoms with van der Waals surface area (Å²) in [7, 11) is 0. The van der Waals surface area contributed by atoms with Gasteiger partial charge in [0.15, 0.2) is 6.61 Å². The minimum absolute atomic E-state index is 0.0783. The predicted molar refractivity (Wildman–Crippen MR) is 91.1 cm³/mol. The van der Waals surface area contributed by atoms with Gasteiger partial charge in [-0.1, -0.05) is 35.9 Å². The minimum atomic E-state index is -0.202. The second kappa shape index (κ2) is 8.44. The third-order valence-electron chi connectivity index (χ3n) is 3.26. The van der Waals surface area contributed by atoms with Gasteiger partial charge in [-0.15, -0.1) is 0 Å². The SMILES string of the molecule is CCOc1ccc([C@H](C)NC(=O)COc2ccccc2Cl)cc1. The molecule has 2 aromatic rings. The van der Waals surface area contributed by atoms with Crippen LogP contribution in [-0.4, -0.2) is 19.1 Å². The van der Waals surface area contributed by atoms with Crippen LogP contribution in [0.3, 0.4) is 0 Å². The molecule has 0 saturated heterocycles. The van der Waals surface area contributed by atoms with E-state index >= 15 is 0 Å². The first kappa shape index (κ1) is 17.2. The molecule has 0 radical (unpaired) electrons. The van der Waals surface area contributed by atoms with Crippen molar-refractivity contribution in [3.05, 3.63) is 59.1 Å². The van der Waals surface area contributed by atoms with Gasteiger partial charge in [0.25, 0.3) is 5.91 Å². The van der Waals surface area contributed by atoms with E-state index in [4.69, 9.17) is 21.1 Å². The van der Waals surface area contributed by atoms with Gasteiger partial charge in [0.05, 0.1) is 17.7 Å². The molecule has 0 bridgehead atoms. The van der Waals surface area contributed by atoms with Crippen LogP contribution in [0.5, 0.6) is 11.5 Å². The quantitative estimate of drug-likeness (QED) is 0.833. The fourth-order valence-electron chi connectivity index (χ4n) is 2.09. The maximum atomic E-state index is 12.0. The number of para-hydroxylation sites is 1. The first-order valence-electron chi connectivity index (χ1n) is 7.49. The Labute approximate surface area is 141 Å². The Bertz CT molecular complexity index is 643. The molecule has 0 unspecified atom stereocenters. The molecule has 0 aromatic heterocycles. The number of rotatable bonds is 7. The normalized spacial score (nSPS) is 11.6. The molecule has 2 aromatic carbocycles. The standard InChI is InChI=1S/C18H20ClNO3/c1-3-22-15-10-8-14(9-11-15)13(2)20-18(21)12-23-17-7-5-4-6-16(17)19/h4-11,13H,3,12H2,1-2H3,(H,20,21)/t13-/m0/s1. The number of carbonyl (C=O) groups is 1. The zero-order chi connectivity index (χ0) is 16.7. The van der Waals surface area contributed by atoms with Crippen LogP contribution in [0.4, 0.5) is 0 Å². The van der Waals surface area contributed by atoms with Gasteiger partial charge >= 0.3 is 0 Å². The molecule has 0 aliphatic carbocycles. The number of ether oxygens (including phenoxy) is 2. The number of hydrogen-bond donors (Lipinski definition) is 1. The van der Waals surface area contributed by atoms with Crippen LogP contribution in [0.1, 0.15) is 25.5 Å². The molecule has 1 atom stereocenters. The number of hydrogen-bond acceptors (Lipinski definition) is 3. The fraction of sp³-hybridized carbons (Fsp3) is 0.278. The van der Waals surface area contributed by atoms with E-state index in [-0.39, 0.29) is 18.6 Å². The average Bonchev–Trinajstić information content (AvgIpc) is 2.55. The zero-order valence-corrected chi connectivity index (χ0v) is 14.0. The van der Waals surface area contributed by atoms with Crippen LogP contribution < -0.4 is 14.8 Å². The van der Waals surface area contributed by atoms with Gasteiger partial charge in [-0.25, -0.2) is 0 Å². The third kappa shape index (κ3) is 5.18. The van der Waals surface area contributed by atoms with E-state index < -0.39 is 0 Å². The molecule has 0 saturated carbocycles. The lowest BCUT2D eigenvalue weighted by atomic mass is 10.1. The number of amides is 1. The summed E-state index contributed by atoms with van der Waals surface area (Å²) in [5.41, 5.74) is 1.000. The topological polar surface area (TPSA) is 47.6 Å². The lowest BCUT2D eigenvalue weighted by molar-refractivity contribution is -0.123. The Morgan fingerprint density at radius 3 is 2.48 bits per heavy atom. The summed E-state index contributed by atoms with van der Waals surface area (Å²) in [6.45, 7) is 4.41. The third-order valence-corrected chi connectivity index (χ3v) is 3.58. The second-order valence-corrected chi connectivity index (χ2v) is 5.42. The van der Waals surface area contributed by atoms with Crippen molar-refractivity contribution in [3.63, 3.8) is 0 Å². The van der Waals surface area contributed by atoms with Crippen molar-refractivity contribution in [2.24, 2.45) is 0 Å². The summed E-state index contributed by atoms with van der Waals surface area (Å²) in [6.07, 6.45) is 0. The van der Waals surface area contributed by atoms with Gasteiger partial charge in [0.1, 0.15) is 11.5 Å². The van der Waals surface area contributed by atoms with Gasteiger partial charge < -0.3 is 14.8 Å². The van der Waals surface area contributed by atoms with Gasteiger partial charge in [-0.3, -0.25) is 4.79 Å². The van der Waals surface area contributed by atoms with Gasteiger partial charge in [-0.05, 0) is 43.7 Å². The smallest absolute Gasteiger partial charge is 0.258 e. The number of nitrogens with one attached hydrogen (secondary N) is 1. The Balaban J connectivity index is 1.85. The molecule has 0 spiro atoms. The minimum Gasteiger partial charge on any atom is -0.494 e. The number of benzene rings is 2. The van der Waals surface area contributed by atoms with E-state index in [1.165, 1.54) is 0 Å². The summed E-state index contributed by atoms with van der Waals surface area (Å²) in [6, 6.07) is 14.6. The molecular weight excluding hydrogens is 314 g/mol. The molecule has 0 heterocycles. The van der Waals surface area contributed by atoms with Crippen molar-refractivity contribution in [1.29, 1.82) is 0 Å². The molecule has 1 N–H and O–H groups in total. The highest BCUT2D eigenvalue weighted by Gasteiger charge is 2.11. The lowest BCUT2D eigenvalue weighted by Gasteiger charge is -2.15. The molecule has 23 heavy (non-hydrogen) atoms. The summed E-state index contributed by atoms with van der Waals surface area (Å²) >= 11 is 5.98. The van der Waals surface area contributed by atoms with Crippen molar-refractivity contribution >= 4 is 17.5 Å². The first-order chi connectivity index (χ1) is 11.1. The van der Waals surface area contributed by atoms with E-state index in [1.54, 1.807) is 12.1 Å². The Morgan fingerprint density at radius 2 is 1.83 bits per heavy atom. The van der Waals surface area contributed by atoms with E-state index in [1.807, 2.05) is 50.2 Å². The van der Waals surface area contributed by atoms with Crippen LogP contribution in [0.25, 0.3) is 0 Å². The highest BCUT2D eigenvalue weighted by molar-refractivity contribution is 6.32. The molecule has 2 rings (SSSR count). The van der Waals surface area contributed by atoms with Gasteiger partial charge in [-0.2, -0.15) is 0 Å². The number of carbonyl (C=O) groups excluding carboxylic acids is 1. The van der Waals surface area contributed by atoms with Crippen LogP contribution in [0.2, 0.25) is 5.02 Å². The second-order valence-electron chi connectivity index (χ2n) is 5.01. The monoisotopic (exact) mass is 333 g/mol. The zero-order valence-electron chi connectivity index (χ0n) is 13.2. The molecule has 5 heteroatoms. The van der Waals surface area contributed by atoms with Crippen LogP contribution >= 0.6 is 11.6 Å². The first-order valence-corrected chi connectivity index (χ1v) is 7.87. The lowest BCUT2D eigenvalue weighted by Crippen LogP contribution is -2.31. The average molecular weight is 334 g/mol. The van der Waals surface area contributed by atoms with Crippen molar-refractivity contribution in [2.75, 3.05) is 13.2 Å². The molecule has 1 amide bonds. The van der Waals surface area contributed by atoms with E-state index in [0.717, 1.165) is 11.3 Å². The molecule has 0 fully saturated rings. The molecule has 0 aliphatic rings. The van der Waals surface area contributed by atoms with Crippen molar-refractivity contribution in [2.45, 2.75) is 19.9 Å². The maximum absolute atomic E-state index is 12.0. The molecule has 122 valence electrons. The number of halogens is 1. The van der Waals surface area contributed by atoms with E-state index in [0.29, 0.717) is 17.4 Å². The predicted octanol–water partition coefficient (Wildman–Crippen LogP) is 3.99. The Kier molecular flexibility index (Phi) is 6.29. The van der Waals surface area contributed by atoms with E-state index in [2.05, 4.69) is 5.32 Å². The molecule has 4 nitrogen and oxygen atoms in total. The Hall–Kier alpha value is -2.20. The largest absolute Gasteiger partial charge is 0.494 e. The Morgan fingerprint density at radius 1 is 1.13 bits per heavy atom. The highest BCUT2D eigenvalue weighted by Crippen LogP contribution is 2.23. The van der Waals surface area contributed by atoms with Crippen LogP contribution in [0.15, 0.2) is 48.5 Å². The van der Waals surface area contributed by atoms with Crippen molar-refractivity contribution in [1.82, 2.24) is 5.32 Å². The molecular formula is C18H20ClNO3. The fourth-order valence-corrected chi connectivity index (χ4v) is 2.28. The van der Waals surface area contributed by atoms with Crippen molar-refractivity contribution < 1.29 is 14.3 Å². The summed E-state index contributed by atoms with van der Waals surface area (Å²) in [5.74, 6) is 1.11. The van der Waals surface area contributed by atoms with Crippen LogP contribution in [-0.2, 0) is 4.79 Å². The summed E-state index contributed by atoms with van der Waals surface area (Å²) in [5, 5.41) is 3.38. The van der Waals surface area contributed by atoms with Crippen molar-refractivity contribution in [3.8, 4) is 11.5 Å².